The molecule has 0 unspecified atom stereocenters. The summed E-state index contributed by atoms with van der Waals surface area (Å²) >= 11 is 0. The molecular weight excluding hydrogens is 326 g/mol. The maximum Gasteiger partial charge on any atom is 0.152 e. The van der Waals surface area contributed by atoms with Crippen LogP contribution in [0.25, 0.3) is 33.2 Å². The summed E-state index contributed by atoms with van der Waals surface area (Å²) in [6, 6.07) is 8.08. The van der Waals surface area contributed by atoms with E-state index in [9.17, 15) is 0 Å². The maximum absolute atomic E-state index is 6.21. The number of aromatic nitrogens is 5. The Bertz CT molecular complexity index is 1060. The monoisotopic (exact) mass is 347 g/mol. The lowest BCUT2D eigenvalue weighted by Gasteiger charge is -2.25. The lowest BCUT2D eigenvalue weighted by Crippen LogP contribution is -2.29. The summed E-state index contributed by atoms with van der Waals surface area (Å²) in [5, 5.41) is 8.11. The van der Waals surface area contributed by atoms with Gasteiger partial charge in [-0.15, -0.1) is 0 Å². The number of imidazole rings is 1. The number of hydrogen-bond donors (Lipinski definition) is 3. The van der Waals surface area contributed by atoms with Gasteiger partial charge in [0.1, 0.15) is 11.3 Å². The van der Waals surface area contributed by atoms with Crippen molar-refractivity contribution < 1.29 is 0 Å². The summed E-state index contributed by atoms with van der Waals surface area (Å²) in [6.45, 7) is 3.11. The minimum Gasteiger partial charge on any atom is -0.382 e. The third-order valence-corrected chi connectivity index (χ3v) is 5.12. The standard InChI is InChI=1S/C19H21N7/c20-19-18-17(23-16(24-18)11-26-8-2-1-3-9-26)13-5-4-12(10-15(13)22-19)14-6-7-21-25-14/h4-7,10H,1-3,8-9,11H2,(H2,20,22)(H,21,25)(H,23,24). The molecule has 4 heterocycles. The first-order chi connectivity index (χ1) is 12.8. The van der Waals surface area contributed by atoms with Gasteiger partial charge in [0.15, 0.2) is 5.82 Å². The third kappa shape index (κ3) is 2.61. The van der Waals surface area contributed by atoms with Gasteiger partial charge in [0.25, 0.3) is 0 Å². The lowest BCUT2D eigenvalue weighted by atomic mass is 10.1. The van der Waals surface area contributed by atoms with Gasteiger partial charge in [0.05, 0.1) is 23.3 Å². The highest BCUT2D eigenvalue weighted by atomic mass is 15.2. The Morgan fingerprint density at radius 3 is 2.77 bits per heavy atom. The van der Waals surface area contributed by atoms with Crippen LogP contribution in [-0.2, 0) is 6.54 Å². The van der Waals surface area contributed by atoms with Crippen molar-refractivity contribution in [3.63, 3.8) is 0 Å². The fourth-order valence-corrected chi connectivity index (χ4v) is 3.81. The van der Waals surface area contributed by atoms with Gasteiger partial charge in [-0.25, -0.2) is 9.97 Å². The number of fused-ring (bicyclic) bond motifs is 3. The van der Waals surface area contributed by atoms with Crippen molar-refractivity contribution in [1.29, 1.82) is 0 Å². The molecule has 0 aliphatic carbocycles. The zero-order valence-electron chi connectivity index (χ0n) is 14.5. The molecule has 4 N–H and O–H groups in total. The number of nitrogens with one attached hydrogen (secondary N) is 2. The van der Waals surface area contributed by atoms with Crippen molar-refractivity contribution in [3.05, 3.63) is 36.3 Å². The van der Waals surface area contributed by atoms with Gasteiger partial charge in [-0.3, -0.25) is 10.00 Å². The Hall–Kier alpha value is -2.93. The topological polar surface area (TPSA) is 99.5 Å². The SMILES string of the molecule is Nc1nc2cc(-c3cc[nH]n3)ccc2c2[nH]c(CN3CCCCC3)nc12. The van der Waals surface area contributed by atoms with Crippen molar-refractivity contribution in [3.8, 4) is 11.3 Å². The normalized spacial score (nSPS) is 15.8. The predicted molar refractivity (Wildman–Crippen MR) is 103 cm³/mol. The highest BCUT2D eigenvalue weighted by molar-refractivity contribution is 6.06. The molecule has 4 aromatic rings. The second-order valence-corrected chi connectivity index (χ2v) is 6.93. The molecule has 0 atom stereocenters. The Labute approximate surface area is 150 Å². The first-order valence-corrected chi connectivity index (χ1v) is 9.08. The number of H-pyrrole nitrogens is 2. The molecule has 132 valence electrons. The van der Waals surface area contributed by atoms with Gasteiger partial charge in [-0.05, 0) is 44.1 Å². The van der Waals surface area contributed by atoms with Gasteiger partial charge < -0.3 is 10.7 Å². The van der Waals surface area contributed by atoms with Crippen LogP contribution in [0.2, 0.25) is 0 Å². The van der Waals surface area contributed by atoms with Crippen molar-refractivity contribution in [2.75, 3.05) is 18.8 Å². The second-order valence-electron chi connectivity index (χ2n) is 6.93. The van der Waals surface area contributed by atoms with E-state index in [4.69, 9.17) is 10.7 Å². The van der Waals surface area contributed by atoms with Gasteiger partial charge >= 0.3 is 0 Å². The summed E-state index contributed by atoms with van der Waals surface area (Å²) in [4.78, 5) is 15.2. The Balaban J connectivity index is 1.58. The molecule has 0 saturated carbocycles. The average Bonchev–Trinajstić information content (AvgIpc) is 3.32. The van der Waals surface area contributed by atoms with E-state index in [1.165, 1.54) is 19.3 Å². The number of anilines is 1. The first-order valence-electron chi connectivity index (χ1n) is 9.08. The molecule has 3 aromatic heterocycles. The van der Waals surface area contributed by atoms with Crippen molar-refractivity contribution in [2.24, 2.45) is 0 Å². The number of likely N-dealkylation sites (tertiary alicyclic amines) is 1. The van der Waals surface area contributed by atoms with Crippen molar-refractivity contribution in [1.82, 2.24) is 30.0 Å². The number of piperidine rings is 1. The third-order valence-electron chi connectivity index (χ3n) is 5.12. The molecule has 0 spiro atoms. The molecule has 7 nitrogen and oxygen atoms in total. The van der Waals surface area contributed by atoms with E-state index in [2.05, 4.69) is 37.2 Å². The van der Waals surface area contributed by atoms with Crippen molar-refractivity contribution in [2.45, 2.75) is 25.8 Å². The number of hydrogen-bond acceptors (Lipinski definition) is 5. The Kier molecular flexibility index (Phi) is 3.60. The Morgan fingerprint density at radius 1 is 1.08 bits per heavy atom. The highest BCUT2D eigenvalue weighted by Gasteiger charge is 2.16. The quantitative estimate of drug-likeness (QED) is 0.529. The molecule has 0 radical (unpaired) electrons. The number of benzene rings is 1. The van der Waals surface area contributed by atoms with E-state index in [0.717, 1.165) is 58.7 Å². The van der Waals surface area contributed by atoms with Crippen molar-refractivity contribution >= 4 is 27.8 Å². The van der Waals surface area contributed by atoms with Gasteiger partial charge in [0, 0.05) is 17.1 Å². The van der Waals surface area contributed by atoms with Crippen LogP contribution < -0.4 is 5.73 Å². The van der Waals surface area contributed by atoms with E-state index in [1.807, 2.05) is 18.3 Å². The fraction of sp³-hybridized carbons (Fsp3) is 0.316. The zero-order chi connectivity index (χ0) is 17.5. The summed E-state index contributed by atoms with van der Waals surface area (Å²) in [6.07, 6.45) is 5.67. The zero-order valence-corrected chi connectivity index (χ0v) is 14.5. The molecule has 7 heteroatoms. The number of rotatable bonds is 3. The van der Waals surface area contributed by atoms with Crippen LogP contribution in [0.15, 0.2) is 30.5 Å². The molecule has 1 fully saturated rings. The molecule has 1 aliphatic heterocycles. The maximum atomic E-state index is 6.21. The van der Waals surface area contributed by atoms with E-state index >= 15 is 0 Å². The van der Waals surface area contributed by atoms with Crippen LogP contribution in [0.4, 0.5) is 5.82 Å². The number of nitrogens with two attached hydrogens (primary N) is 1. The number of pyridine rings is 1. The Morgan fingerprint density at radius 2 is 1.96 bits per heavy atom. The highest BCUT2D eigenvalue weighted by Crippen LogP contribution is 2.29. The van der Waals surface area contributed by atoms with Crippen LogP contribution in [-0.4, -0.2) is 43.1 Å². The number of aromatic amines is 2. The predicted octanol–water partition coefficient (Wildman–Crippen LogP) is 3.07. The molecule has 1 saturated heterocycles. The van der Waals surface area contributed by atoms with E-state index in [-0.39, 0.29) is 0 Å². The van der Waals surface area contributed by atoms with Crippen LogP contribution in [0.1, 0.15) is 25.1 Å². The fourth-order valence-electron chi connectivity index (χ4n) is 3.81. The minimum absolute atomic E-state index is 0.466. The molecule has 5 rings (SSSR count). The second kappa shape index (κ2) is 6.10. The number of nitrogens with zero attached hydrogens (tertiary/aromatic N) is 4. The lowest BCUT2D eigenvalue weighted by molar-refractivity contribution is 0.216. The summed E-state index contributed by atoms with van der Waals surface area (Å²) < 4.78 is 0. The van der Waals surface area contributed by atoms with Crippen LogP contribution in [0, 0.1) is 0 Å². The van der Waals surface area contributed by atoms with Gasteiger partial charge in [-0.2, -0.15) is 5.10 Å². The number of nitrogen functional groups attached to an aromatic ring is 1. The molecular formula is C19H21N7. The minimum atomic E-state index is 0.466. The summed E-state index contributed by atoms with van der Waals surface area (Å²) in [7, 11) is 0. The van der Waals surface area contributed by atoms with E-state index < -0.39 is 0 Å². The van der Waals surface area contributed by atoms with E-state index in [0.29, 0.717) is 5.82 Å². The largest absolute Gasteiger partial charge is 0.382 e. The molecule has 0 amide bonds. The smallest absolute Gasteiger partial charge is 0.152 e. The average molecular weight is 347 g/mol. The van der Waals surface area contributed by atoms with Crippen LogP contribution in [0.3, 0.4) is 0 Å². The summed E-state index contributed by atoms with van der Waals surface area (Å²) in [5.41, 5.74) is 10.7. The van der Waals surface area contributed by atoms with E-state index in [1.54, 1.807) is 0 Å². The first kappa shape index (κ1) is 15.3. The molecule has 1 aliphatic rings. The summed E-state index contributed by atoms with van der Waals surface area (Å²) in [5.74, 6) is 1.42. The van der Waals surface area contributed by atoms with Crippen LogP contribution >= 0.6 is 0 Å². The molecule has 1 aromatic carbocycles. The van der Waals surface area contributed by atoms with Crippen LogP contribution in [0.5, 0.6) is 0 Å². The molecule has 0 bridgehead atoms. The van der Waals surface area contributed by atoms with Gasteiger partial charge in [0.2, 0.25) is 0 Å². The molecule has 26 heavy (non-hydrogen) atoms. The van der Waals surface area contributed by atoms with Gasteiger partial charge in [-0.1, -0.05) is 12.5 Å².